The molecule has 2 aromatic carbocycles. The zero-order valence-corrected chi connectivity index (χ0v) is 22.0. The third-order valence-electron chi connectivity index (χ3n) is 8.52. The molecule has 5 heteroatoms. The van der Waals surface area contributed by atoms with E-state index in [-0.39, 0.29) is 5.91 Å². The van der Waals surface area contributed by atoms with Crippen molar-refractivity contribution >= 4 is 16.8 Å². The van der Waals surface area contributed by atoms with Crippen molar-refractivity contribution in [2.45, 2.75) is 58.4 Å². The lowest BCUT2D eigenvalue weighted by Crippen LogP contribution is -3.21. The Hall–Kier alpha value is -2.76. The van der Waals surface area contributed by atoms with Gasteiger partial charge in [0.05, 0.1) is 55.5 Å². The summed E-state index contributed by atoms with van der Waals surface area (Å²) in [6.45, 7) is 11.5. The van der Waals surface area contributed by atoms with Gasteiger partial charge in [-0.05, 0) is 62.4 Å². The van der Waals surface area contributed by atoms with Crippen molar-refractivity contribution in [3.05, 3.63) is 65.2 Å². The molecule has 2 saturated heterocycles. The Kier molecular flexibility index (Phi) is 7.98. The monoisotopic (exact) mass is 486 g/mol. The van der Waals surface area contributed by atoms with Crippen LogP contribution in [0.2, 0.25) is 0 Å². The number of rotatable bonds is 7. The fourth-order valence-corrected chi connectivity index (χ4v) is 6.15. The summed E-state index contributed by atoms with van der Waals surface area (Å²) < 4.78 is 0. The molecule has 0 aliphatic carbocycles. The highest BCUT2D eigenvalue weighted by Crippen LogP contribution is 2.26. The molecule has 36 heavy (non-hydrogen) atoms. The topological polar surface area (TPSA) is 50.9 Å². The van der Waals surface area contributed by atoms with E-state index in [0.29, 0.717) is 5.56 Å². The van der Waals surface area contributed by atoms with Gasteiger partial charge in [0, 0.05) is 36.8 Å². The minimum absolute atomic E-state index is 0.00101. The zero-order chi connectivity index (χ0) is 24.9. The maximum Gasteiger partial charge on any atom is 0.252 e. The molecular formula is C31H42N4O+2. The first-order valence-corrected chi connectivity index (χ1v) is 14.0. The van der Waals surface area contributed by atoms with Gasteiger partial charge in [-0.1, -0.05) is 30.3 Å². The van der Waals surface area contributed by atoms with Gasteiger partial charge in [0.25, 0.3) is 5.91 Å². The molecule has 2 aliphatic heterocycles. The van der Waals surface area contributed by atoms with Crippen molar-refractivity contribution < 1.29 is 14.6 Å². The number of fused-ring (bicyclic) bond motifs is 1. The molecule has 0 bridgehead atoms. The van der Waals surface area contributed by atoms with Crippen molar-refractivity contribution in [3.63, 3.8) is 0 Å². The molecule has 0 spiro atoms. The molecule has 0 atom stereocenters. The maximum absolute atomic E-state index is 13.3. The average molecular weight is 487 g/mol. The van der Waals surface area contributed by atoms with Crippen LogP contribution < -0.4 is 15.1 Å². The number of aromatic nitrogens is 1. The first-order valence-electron chi connectivity index (χ1n) is 14.0. The van der Waals surface area contributed by atoms with E-state index >= 15 is 0 Å². The number of benzene rings is 2. The molecular weight excluding hydrogens is 444 g/mol. The molecule has 190 valence electrons. The van der Waals surface area contributed by atoms with Gasteiger partial charge < -0.3 is 15.1 Å². The first kappa shape index (κ1) is 24.9. The molecule has 3 heterocycles. The van der Waals surface area contributed by atoms with Crippen molar-refractivity contribution in [2.24, 2.45) is 0 Å². The number of nitrogens with zero attached hydrogens (tertiary/aromatic N) is 1. The predicted molar refractivity (Wildman–Crippen MR) is 147 cm³/mol. The average Bonchev–Trinajstić information content (AvgIpc) is 2.92. The summed E-state index contributed by atoms with van der Waals surface area (Å²) in [6, 6.07) is 17.2. The van der Waals surface area contributed by atoms with Crippen molar-refractivity contribution in [1.29, 1.82) is 0 Å². The molecule has 5 rings (SSSR count). The Balaban J connectivity index is 1.18. The van der Waals surface area contributed by atoms with Crippen molar-refractivity contribution in [3.8, 4) is 11.3 Å². The molecule has 3 aromatic rings. The number of aryl methyl sites for hydroxylation is 2. The summed E-state index contributed by atoms with van der Waals surface area (Å²) in [6.07, 6.45) is 8.02. The van der Waals surface area contributed by atoms with E-state index in [2.05, 4.69) is 37.4 Å². The Morgan fingerprint density at radius 2 is 1.72 bits per heavy atom. The van der Waals surface area contributed by atoms with Crippen LogP contribution >= 0.6 is 0 Å². The minimum Gasteiger partial charge on any atom is -0.352 e. The van der Waals surface area contributed by atoms with Gasteiger partial charge in [-0.25, -0.2) is 4.98 Å². The van der Waals surface area contributed by atoms with Gasteiger partial charge in [0.2, 0.25) is 0 Å². The van der Waals surface area contributed by atoms with Crippen LogP contribution in [-0.2, 0) is 0 Å². The highest BCUT2D eigenvalue weighted by Gasteiger charge is 2.30. The van der Waals surface area contributed by atoms with Crippen molar-refractivity contribution in [2.75, 3.05) is 39.3 Å². The number of hydrogen-bond acceptors (Lipinski definition) is 2. The summed E-state index contributed by atoms with van der Waals surface area (Å²) in [5.74, 6) is 0.00101. The molecule has 2 aliphatic rings. The smallest absolute Gasteiger partial charge is 0.252 e. The highest BCUT2D eigenvalue weighted by molar-refractivity contribution is 6.07. The number of likely N-dealkylation sites (tertiary alicyclic amines) is 2. The molecule has 3 N–H and O–H groups in total. The predicted octanol–water partition coefficient (Wildman–Crippen LogP) is 2.75. The number of pyridine rings is 1. The number of nitrogens with one attached hydrogen (secondary N) is 3. The summed E-state index contributed by atoms with van der Waals surface area (Å²) in [4.78, 5) is 21.7. The van der Waals surface area contributed by atoms with E-state index in [1.54, 1.807) is 4.90 Å². The van der Waals surface area contributed by atoms with Gasteiger partial charge >= 0.3 is 0 Å². The number of quaternary nitrogens is 2. The minimum atomic E-state index is 0.00101. The van der Waals surface area contributed by atoms with E-state index < -0.39 is 0 Å². The lowest BCUT2D eigenvalue weighted by molar-refractivity contribution is -0.960. The van der Waals surface area contributed by atoms with Crippen molar-refractivity contribution in [1.82, 2.24) is 10.3 Å². The molecule has 5 nitrogen and oxygen atoms in total. The Morgan fingerprint density at radius 3 is 2.50 bits per heavy atom. The lowest BCUT2D eigenvalue weighted by Gasteiger charge is -2.36. The normalized spacial score (nSPS) is 20.9. The van der Waals surface area contributed by atoms with Gasteiger partial charge in [0.1, 0.15) is 0 Å². The van der Waals surface area contributed by atoms with E-state index in [1.165, 1.54) is 69.4 Å². The van der Waals surface area contributed by atoms with Crippen LogP contribution in [0.15, 0.2) is 48.5 Å². The number of piperidine rings is 2. The molecule has 1 amide bonds. The van der Waals surface area contributed by atoms with Gasteiger partial charge in [0.15, 0.2) is 0 Å². The largest absolute Gasteiger partial charge is 0.352 e. The summed E-state index contributed by atoms with van der Waals surface area (Å²) in [5.41, 5.74) is 5.98. The number of hydrogen-bond donors (Lipinski definition) is 3. The fraction of sp³-hybridized carbons (Fsp3) is 0.484. The second-order valence-corrected chi connectivity index (χ2v) is 11.0. The van der Waals surface area contributed by atoms with Gasteiger partial charge in [-0.2, -0.15) is 0 Å². The Labute approximate surface area is 215 Å². The zero-order valence-electron chi connectivity index (χ0n) is 22.0. The first-order chi connectivity index (χ1) is 17.6. The quantitative estimate of drug-likeness (QED) is 0.450. The summed E-state index contributed by atoms with van der Waals surface area (Å²) in [7, 11) is 0. The SMILES string of the molecule is Cc1ccc(-c2cc(C(=O)NCCC[NH+]3CCC([NH+]4CCCCC4)CC3)c3ccccc3n2)cc1C. The van der Waals surface area contributed by atoms with E-state index in [4.69, 9.17) is 4.98 Å². The number of carbonyl (C=O) groups is 1. The van der Waals surface area contributed by atoms with Crippen LogP contribution in [0.1, 0.15) is 60.0 Å². The van der Waals surface area contributed by atoms with Crippen LogP contribution in [0, 0.1) is 13.8 Å². The van der Waals surface area contributed by atoms with E-state index in [0.717, 1.165) is 47.7 Å². The van der Waals surface area contributed by atoms with Gasteiger partial charge in [-0.15, -0.1) is 0 Å². The lowest BCUT2D eigenvalue weighted by atomic mass is 10.00. The summed E-state index contributed by atoms with van der Waals surface area (Å²) >= 11 is 0. The van der Waals surface area contributed by atoms with Crippen LogP contribution in [0.4, 0.5) is 0 Å². The fourth-order valence-electron chi connectivity index (χ4n) is 6.15. The molecule has 0 radical (unpaired) electrons. The summed E-state index contributed by atoms with van der Waals surface area (Å²) in [5, 5.41) is 4.12. The van der Waals surface area contributed by atoms with Crippen LogP contribution in [0.5, 0.6) is 0 Å². The Morgan fingerprint density at radius 1 is 0.944 bits per heavy atom. The highest BCUT2D eigenvalue weighted by atomic mass is 16.1. The second-order valence-electron chi connectivity index (χ2n) is 11.0. The third-order valence-corrected chi connectivity index (χ3v) is 8.52. The van der Waals surface area contributed by atoms with Gasteiger partial charge in [-0.3, -0.25) is 4.79 Å². The molecule has 2 fully saturated rings. The Bertz CT molecular complexity index is 1190. The molecule has 0 saturated carbocycles. The standard InChI is InChI=1S/C31H40N4O/c1-23-11-12-25(21-24(23)2)30-22-28(27-9-4-5-10-29(27)33-30)31(36)32-15-8-16-34-19-13-26(14-20-34)35-17-6-3-7-18-35/h4-5,9-12,21-22,26H,3,6-8,13-20H2,1-2H3,(H,32,36)/p+2. The number of amides is 1. The maximum atomic E-state index is 13.3. The van der Waals surface area contributed by atoms with Crippen LogP contribution in [0.3, 0.4) is 0 Å². The number of para-hydroxylation sites is 1. The number of carbonyl (C=O) groups excluding carboxylic acids is 1. The molecule has 1 aromatic heterocycles. The second kappa shape index (κ2) is 11.5. The van der Waals surface area contributed by atoms with E-state index in [1.807, 2.05) is 35.2 Å². The third kappa shape index (κ3) is 5.79. The van der Waals surface area contributed by atoms with E-state index in [9.17, 15) is 4.79 Å². The van der Waals surface area contributed by atoms with Crippen LogP contribution in [-0.4, -0.2) is 56.2 Å². The molecule has 0 unspecified atom stereocenters. The van der Waals surface area contributed by atoms with Crippen LogP contribution in [0.25, 0.3) is 22.2 Å².